The second-order valence-electron chi connectivity index (χ2n) is 3.56. The molecule has 0 saturated heterocycles. The number of fused-ring (bicyclic) bond motifs is 1. The number of hydrogen-bond donors (Lipinski definition) is 0. The molecule has 0 aliphatic heterocycles. The van der Waals surface area contributed by atoms with E-state index in [-0.39, 0.29) is 10.5 Å². The largest absolute Gasteiger partial charge is 0.433 e. The molecule has 0 fully saturated rings. The van der Waals surface area contributed by atoms with Crippen molar-refractivity contribution in [1.82, 2.24) is 4.98 Å². The van der Waals surface area contributed by atoms with Crippen LogP contribution >= 0.6 is 27.5 Å². The van der Waals surface area contributed by atoms with Gasteiger partial charge in [0.1, 0.15) is 5.69 Å². The van der Waals surface area contributed by atoms with Crippen molar-refractivity contribution < 1.29 is 13.2 Å². The summed E-state index contributed by atoms with van der Waals surface area (Å²) < 4.78 is 38.5. The number of hydrogen-bond acceptors (Lipinski definition) is 1. The molecule has 0 radical (unpaired) electrons. The third-order valence-electron chi connectivity index (χ3n) is 2.41. The molecule has 0 unspecified atom stereocenters. The quantitative estimate of drug-likeness (QED) is 0.666. The molecule has 1 heterocycles. The van der Waals surface area contributed by atoms with Crippen molar-refractivity contribution in [3.63, 3.8) is 0 Å². The van der Waals surface area contributed by atoms with E-state index in [9.17, 15) is 13.2 Å². The molecule has 90 valence electrons. The van der Waals surface area contributed by atoms with E-state index in [4.69, 9.17) is 11.6 Å². The fourth-order valence-corrected chi connectivity index (χ4v) is 2.08. The van der Waals surface area contributed by atoms with Gasteiger partial charge < -0.3 is 0 Å². The van der Waals surface area contributed by atoms with Crippen LogP contribution in [0.1, 0.15) is 11.3 Å². The molecule has 0 amide bonds. The SMILES string of the molecule is Cc1c(Br)ccc2c(Cl)cc(C(F)(F)F)nc12. The van der Waals surface area contributed by atoms with E-state index in [0.29, 0.717) is 15.4 Å². The number of halogens is 5. The summed E-state index contributed by atoms with van der Waals surface area (Å²) in [7, 11) is 0. The van der Waals surface area contributed by atoms with Crippen molar-refractivity contribution in [3.8, 4) is 0 Å². The van der Waals surface area contributed by atoms with Crippen LogP contribution in [0.5, 0.6) is 0 Å². The summed E-state index contributed by atoms with van der Waals surface area (Å²) in [6.45, 7) is 1.69. The van der Waals surface area contributed by atoms with Gasteiger partial charge in [0.15, 0.2) is 0 Å². The number of benzene rings is 1. The molecule has 0 N–H and O–H groups in total. The smallest absolute Gasteiger partial charge is 0.243 e. The Bertz CT molecular complexity index is 595. The maximum absolute atomic E-state index is 12.6. The van der Waals surface area contributed by atoms with Crippen LogP contribution in [-0.2, 0) is 6.18 Å². The van der Waals surface area contributed by atoms with Crippen LogP contribution in [-0.4, -0.2) is 4.98 Å². The van der Waals surface area contributed by atoms with Gasteiger partial charge in [-0.25, -0.2) is 4.98 Å². The van der Waals surface area contributed by atoms with E-state index >= 15 is 0 Å². The fraction of sp³-hybridized carbons (Fsp3) is 0.182. The minimum absolute atomic E-state index is 0.0536. The van der Waals surface area contributed by atoms with Crippen molar-refractivity contribution in [3.05, 3.63) is 39.0 Å². The van der Waals surface area contributed by atoms with E-state index in [1.807, 2.05) is 0 Å². The topological polar surface area (TPSA) is 12.9 Å². The Morgan fingerprint density at radius 1 is 1.29 bits per heavy atom. The third kappa shape index (κ3) is 2.26. The summed E-state index contributed by atoms with van der Waals surface area (Å²) in [5.41, 5.74) is -0.0779. The van der Waals surface area contributed by atoms with Gasteiger partial charge in [0.2, 0.25) is 0 Å². The second kappa shape index (κ2) is 4.14. The highest BCUT2D eigenvalue weighted by Gasteiger charge is 2.33. The number of aryl methyl sites for hydroxylation is 1. The third-order valence-corrected chi connectivity index (χ3v) is 3.58. The van der Waals surface area contributed by atoms with Gasteiger partial charge in [-0.1, -0.05) is 33.6 Å². The zero-order valence-electron chi connectivity index (χ0n) is 8.57. The normalized spacial score (nSPS) is 12.1. The molecule has 2 rings (SSSR count). The monoisotopic (exact) mass is 323 g/mol. The molecule has 0 aliphatic rings. The van der Waals surface area contributed by atoms with Crippen LogP contribution < -0.4 is 0 Å². The lowest BCUT2D eigenvalue weighted by atomic mass is 10.1. The highest BCUT2D eigenvalue weighted by molar-refractivity contribution is 9.10. The summed E-state index contributed by atoms with van der Waals surface area (Å²) in [6, 6.07) is 4.22. The molecule has 6 heteroatoms. The van der Waals surface area contributed by atoms with E-state index in [2.05, 4.69) is 20.9 Å². The zero-order valence-corrected chi connectivity index (χ0v) is 10.9. The fourth-order valence-electron chi connectivity index (χ4n) is 1.51. The summed E-state index contributed by atoms with van der Waals surface area (Å²) in [5, 5.41) is 0.568. The highest BCUT2D eigenvalue weighted by Crippen LogP contribution is 2.35. The van der Waals surface area contributed by atoms with Gasteiger partial charge in [-0.15, -0.1) is 0 Å². The van der Waals surface area contributed by atoms with E-state index in [1.54, 1.807) is 19.1 Å². The Morgan fingerprint density at radius 2 is 1.94 bits per heavy atom. The number of aromatic nitrogens is 1. The van der Waals surface area contributed by atoms with Crippen molar-refractivity contribution >= 4 is 38.4 Å². The first-order chi connectivity index (χ1) is 7.80. The van der Waals surface area contributed by atoms with Gasteiger partial charge in [0.25, 0.3) is 0 Å². The van der Waals surface area contributed by atoms with E-state index < -0.39 is 11.9 Å². The highest BCUT2D eigenvalue weighted by atomic mass is 79.9. The molecular weight excluding hydrogens is 318 g/mol. The van der Waals surface area contributed by atoms with Crippen LogP contribution in [0.15, 0.2) is 22.7 Å². The molecule has 1 aromatic carbocycles. The number of rotatable bonds is 0. The first-order valence-corrected chi connectivity index (χ1v) is 5.80. The molecule has 0 aliphatic carbocycles. The van der Waals surface area contributed by atoms with Gasteiger partial charge >= 0.3 is 6.18 Å². The summed E-state index contributed by atoms with van der Waals surface area (Å²) in [5.74, 6) is 0. The lowest BCUT2D eigenvalue weighted by Gasteiger charge is -2.10. The predicted octanol–water partition coefficient (Wildman–Crippen LogP) is 4.98. The van der Waals surface area contributed by atoms with Gasteiger partial charge in [0, 0.05) is 9.86 Å². The Morgan fingerprint density at radius 3 is 2.53 bits per heavy atom. The molecule has 1 aromatic heterocycles. The second-order valence-corrected chi connectivity index (χ2v) is 4.82. The maximum Gasteiger partial charge on any atom is 0.433 e. The number of alkyl halides is 3. The summed E-state index contributed by atoms with van der Waals surface area (Å²) in [4.78, 5) is 3.63. The Hall–Kier alpha value is -0.810. The van der Waals surface area contributed by atoms with E-state index in [0.717, 1.165) is 6.07 Å². The molecule has 17 heavy (non-hydrogen) atoms. The van der Waals surface area contributed by atoms with Crippen LogP contribution in [0.4, 0.5) is 13.2 Å². The van der Waals surface area contributed by atoms with Crippen molar-refractivity contribution in [1.29, 1.82) is 0 Å². The Balaban J connectivity index is 2.84. The first kappa shape index (κ1) is 12.6. The molecule has 0 spiro atoms. The van der Waals surface area contributed by atoms with Crippen LogP contribution in [0, 0.1) is 6.92 Å². The molecular formula is C11H6BrClF3N. The van der Waals surface area contributed by atoms with Gasteiger partial charge in [-0.2, -0.15) is 13.2 Å². The van der Waals surface area contributed by atoms with Crippen LogP contribution in [0.2, 0.25) is 5.02 Å². The predicted molar refractivity (Wildman–Crippen MR) is 64.2 cm³/mol. The average Bonchev–Trinajstić information content (AvgIpc) is 2.22. The standard InChI is InChI=1S/C11H6BrClF3N/c1-5-7(12)3-2-6-8(13)4-9(11(14,15)16)17-10(5)6/h2-4H,1H3. The number of nitrogens with zero attached hydrogens (tertiary/aromatic N) is 1. The molecule has 0 atom stereocenters. The minimum atomic E-state index is -4.49. The number of pyridine rings is 1. The lowest BCUT2D eigenvalue weighted by molar-refractivity contribution is -0.140. The summed E-state index contributed by atoms with van der Waals surface area (Å²) in [6.07, 6.45) is -4.49. The van der Waals surface area contributed by atoms with Crippen molar-refractivity contribution in [2.75, 3.05) is 0 Å². The molecule has 0 saturated carbocycles. The molecule has 2 aromatic rings. The first-order valence-electron chi connectivity index (χ1n) is 4.63. The van der Waals surface area contributed by atoms with Crippen LogP contribution in [0.3, 0.4) is 0 Å². The van der Waals surface area contributed by atoms with Crippen LogP contribution in [0.25, 0.3) is 10.9 Å². The van der Waals surface area contributed by atoms with Gasteiger partial charge in [-0.3, -0.25) is 0 Å². The van der Waals surface area contributed by atoms with Crippen molar-refractivity contribution in [2.24, 2.45) is 0 Å². The molecule has 0 bridgehead atoms. The Labute approximate surface area is 109 Å². The zero-order chi connectivity index (χ0) is 12.8. The van der Waals surface area contributed by atoms with Gasteiger partial charge in [0.05, 0.1) is 10.5 Å². The minimum Gasteiger partial charge on any atom is -0.243 e. The lowest BCUT2D eigenvalue weighted by Crippen LogP contribution is -2.08. The van der Waals surface area contributed by atoms with E-state index in [1.165, 1.54) is 0 Å². The average molecular weight is 325 g/mol. The van der Waals surface area contributed by atoms with Gasteiger partial charge in [-0.05, 0) is 24.6 Å². The van der Waals surface area contributed by atoms with Crippen molar-refractivity contribution in [2.45, 2.75) is 13.1 Å². The maximum atomic E-state index is 12.6. The Kier molecular flexibility index (Phi) is 3.08. The summed E-state index contributed by atoms with van der Waals surface area (Å²) >= 11 is 9.09. The molecule has 1 nitrogen and oxygen atoms in total.